The van der Waals surface area contributed by atoms with Crippen LogP contribution in [0.15, 0.2) is 41.0 Å². The topological polar surface area (TPSA) is 143 Å². The maximum Gasteiger partial charge on any atom is 0.425 e. The Kier molecular flexibility index (Phi) is 12.9. The van der Waals surface area contributed by atoms with Crippen molar-refractivity contribution in [3.05, 3.63) is 52.1 Å². The van der Waals surface area contributed by atoms with Crippen molar-refractivity contribution in [2.75, 3.05) is 46.2 Å². The van der Waals surface area contributed by atoms with Crippen LogP contribution in [0.5, 0.6) is 11.6 Å². The van der Waals surface area contributed by atoms with Crippen molar-refractivity contribution in [2.24, 2.45) is 0 Å². The van der Waals surface area contributed by atoms with Gasteiger partial charge in [0.15, 0.2) is 6.10 Å². The zero-order chi connectivity index (χ0) is 33.1. The number of hydrogen-bond donors (Lipinski definition) is 1. The number of ether oxygens (including phenoxy) is 5. The molecule has 0 bridgehead atoms. The molecule has 4 amide bonds. The van der Waals surface area contributed by atoms with Gasteiger partial charge in [-0.1, -0.05) is 0 Å². The molecule has 1 saturated heterocycles. The summed E-state index contributed by atoms with van der Waals surface area (Å²) in [5.41, 5.74) is -0.224. The van der Waals surface area contributed by atoms with Crippen LogP contribution in [0.1, 0.15) is 52.8 Å². The number of unbranched alkanes of at least 4 members (excludes halogenated alkanes) is 1. The number of benzene rings is 1. The zero-order valence-electron chi connectivity index (χ0n) is 24.7. The third kappa shape index (κ3) is 9.95. The monoisotopic (exact) mass is 715 g/mol. The second kappa shape index (κ2) is 16.8. The van der Waals surface area contributed by atoms with Crippen LogP contribution < -0.4 is 14.8 Å². The first-order valence-corrected chi connectivity index (χ1v) is 15.4. The van der Waals surface area contributed by atoms with Crippen LogP contribution in [0.25, 0.3) is 0 Å². The number of carbonyl (C=O) groups excluding carboxylic acids is 4. The molecule has 16 heteroatoms. The lowest BCUT2D eigenvalue weighted by molar-refractivity contribution is -0.197. The number of piperidine rings is 1. The van der Waals surface area contributed by atoms with Gasteiger partial charge in [0.25, 0.3) is 11.8 Å². The van der Waals surface area contributed by atoms with Crippen LogP contribution in [-0.4, -0.2) is 98.1 Å². The molecular weight excluding hydrogens is 683 g/mol. The van der Waals surface area contributed by atoms with Crippen molar-refractivity contribution in [1.29, 1.82) is 0 Å². The standard InChI is InChI=1S/C30H33BrF3N3O9/c31-19-4-9-26(35-18-19)45-16-15-44-14-13-43-12-11-42-10-2-1-3-24(30(32,33)34)46-20-5-6-21-22(17-20)29(41)37(28(21)40)23-7-8-25(38)36-27(23)39/h4-6,9,17-18,23-24H,1-3,7-8,10-16H2,(H,36,38,39). The summed E-state index contributed by atoms with van der Waals surface area (Å²) < 4.78 is 69.0. The summed E-state index contributed by atoms with van der Waals surface area (Å²) in [6.45, 7) is 2.24. The van der Waals surface area contributed by atoms with Gasteiger partial charge < -0.3 is 23.7 Å². The Morgan fingerprint density at radius 3 is 2.22 bits per heavy atom. The summed E-state index contributed by atoms with van der Waals surface area (Å²) in [5, 5.41) is 2.09. The van der Waals surface area contributed by atoms with Gasteiger partial charge in [-0.05, 0) is 65.9 Å². The van der Waals surface area contributed by atoms with Crippen LogP contribution >= 0.6 is 15.9 Å². The molecule has 0 aliphatic carbocycles. The van der Waals surface area contributed by atoms with Gasteiger partial charge in [0.1, 0.15) is 18.4 Å². The van der Waals surface area contributed by atoms with Gasteiger partial charge in [0, 0.05) is 29.8 Å². The van der Waals surface area contributed by atoms with Crippen LogP contribution in [-0.2, 0) is 23.8 Å². The van der Waals surface area contributed by atoms with E-state index in [1.54, 1.807) is 12.3 Å². The number of pyridine rings is 1. The fourth-order valence-corrected chi connectivity index (χ4v) is 4.94. The Hall–Kier alpha value is -3.60. The van der Waals surface area contributed by atoms with Gasteiger partial charge in [-0.2, -0.15) is 13.2 Å². The molecule has 2 aliphatic heterocycles. The summed E-state index contributed by atoms with van der Waals surface area (Å²) in [6, 6.07) is 5.83. The van der Waals surface area contributed by atoms with Crippen LogP contribution in [0.4, 0.5) is 13.2 Å². The Labute approximate surface area is 271 Å². The predicted octanol–water partition coefficient (Wildman–Crippen LogP) is 3.85. The molecule has 250 valence electrons. The first-order chi connectivity index (χ1) is 22.0. The Morgan fingerprint density at radius 2 is 1.57 bits per heavy atom. The normalized spacial score (nSPS) is 17.2. The van der Waals surface area contributed by atoms with Gasteiger partial charge >= 0.3 is 6.18 Å². The van der Waals surface area contributed by atoms with Crippen molar-refractivity contribution in [3.63, 3.8) is 0 Å². The molecule has 1 aromatic heterocycles. The number of carbonyl (C=O) groups is 4. The quantitative estimate of drug-likeness (QED) is 0.179. The fraction of sp³-hybridized carbons (Fsp3) is 0.500. The van der Waals surface area contributed by atoms with E-state index in [1.807, 2.05) is 6.07 Å². The van der Waals surface area contributed by atoms with Gasteiger partial charge in [-0.15, -0.1) is 0 Å². The number of nitrogens with zero attached hydrogens (tertiary/aromatic N) is 2. The minimum atomic E-state index is -4.68. The van der Waals surface area contributed by atoms with Crippen LogP contribution in [0.3, 0.4) is 0 Å². The van der Waals surface area contributed by atoms with Gasteiger partial charge in [0.2, 0.25) is 17.7 Å². The van der Waals surface area contributed by atoms with E-state index in [9.17, 15) is 32.3 Å². The van der Waals surface area contributed by atoms with E-state index in [2.05, 4.69) is 26.2 Å². The van der Waals surface area contributed by atoms with Crippen LogP contribution in [0.2, 0.25) is 0 Å². The van der Waals surface area contributed by atoms with E-state index in [1.165, 1.54) is 12.1 Å². The molecule has 0 spiro atoms. The van der Waals surface area contributed by atoms with E-state index < -0.39 is 42.0 Å². The van der Waals surface area contributed by atoms with Crippen molar-refractivity contribution in [3.8, 4) is 11.6 Å². The molecule has 1 N–H and O–H groups in total. The summed E-state index contributed by atoms with van der Waals surface area (Å²) in [7, 11) is 0. The van der Waals surface area contributed by atoms with E-state index in [-0.39, 0.29) is 55.8 Å². The lowest BCUT2D eigenvalue weighted by Crippen LogP contribution is -2.54. The molecule has 2 unspecified atom stereocenters. The molecule has 3 heterocycles. The van der Waals surface area contributed by atoms with E-state index >= 15 is 0 Å². The first kappa shape index (κ1) is 35.3. The molecule has 0 saturated carbocycles. The number of rotatable bonds is 18. The minimum Gasteiger partial charge on any atom is -0.481 e. The average molecular weight is 717 g/mol. The Bertz CT molecular complexity index is 1380. The molecule has 12 nitrogen and oxygen atoms in total. The number of imide groups is 2. The van der Waals surface area contributed by atoms with Gasteiger partial charge in [0.05, 0.1) is 44.2 Å². The molecule has 46 heavy (non-hydrogen) atoms. The molecule has 2 aliphatic rings. The third-order valence-corrected chi connectivity index (χ3v) is 7.45. The highest BCUT2D eigenvalue weighted by molar-refractivity contribution is 9.10. The van der Waals surface area contributed by atoms with Crippen molar-refractivity contribution < 1.29 is 56.0 Å². The number of aromatic nitrogens is 1. The Balaban J connectivity index is 1.10. The fourth-order valence-electron chi connectivity index (χ4n) is 4.71. The van der Waals surface area contributed by atoms with Crippen molar-refractivity contribution >= 4 is 39.6 Å². The molecular formula is C30H33BrF3N3O9. The number of fused-ring (bicyclic) bond motifs is 1. The number of halogens is 4. The highest BCUT2D eigenvalue weighted by atomic mass is 79.9. The summed E-state index contributed by atoms with van der Waals surface area (Å²) in [6.07, 6.45) is -5.13. The minimum absolute atomic E-state index is 0.0370. The number of alkyl halides is 3. The van der Waals surface area contributed by atoms with E-state index in [0.717, 1.165) is 15.4 Å². The smallest absolute Gasteiger partial charge is 0.425 e. The molecule has 2 atom stereocenters. The van der Waals surface area contributed by atoms with E-state index in [4.69, 9.17) is 23.7 Å². The molecule has 4 rings (SSSR count). The third-order valence-electron chi connectivity index (χ3n) is 6.98. The number of hydrogen-bond acceptors (Lipinski definition) is 10. The molecule has 2 aromatic rings. The highest BCUT2D eigenvalue weighted by Crippen LogP contribution is 2.33. The average Bonchev–Trinajstić information content (AvgIpc) is 3.25. The maximum atomic E-state index is 13.7. The highest BCUT2D eigenvalue weighted by Gasteiger charge is 2.45. The lowest BCUT2D eigenvalue weighted by atomic mass is 10.0. The van der Waals surface area contributed by atoms with Gasteiger partial charge in [-0.3, -0.25) is 29.4 Å². The summed E-state index contributed by atoms with van der Waals surface area (Å²) in [4.78, 5) is 54.2. The zero-order valence-corrected chi connectivity index (χ0v) is 26.3. The van der Waals surface area contributed by atoms with Gasteiger partial charge in [-0.25, -0.2) is 4.98 Å². The lowest BCUT2D eigenvalue weighted by Gasteiger charge is -2.27. The molecule has 1 aromatic carbocycles. The SMILES string of the molecule is O=C1CCC(N2C(=O)c3ccc(OC(CCCCOCCOCCOCCOc4ccc(Br)cn4)C(F)(F)F)cc3C2=O)C(=O)N1. The second-order valence-electron chi connectivity index (χ2n) is 10.3. The molecule has 0 radical (unpaired) electrons. The predicted molar refractivity (Wildman–Crippen MR) is 157 cm³/mol. The molecule has 1 fully saturated rings. The van der Waals surface area contributed by atoms with Crippen LogP contribution in [0, 0.1) is 0 Å². The first-order valence-electron chi connectivity index (χ1n) is 14.6. The van der Waals surface area contributed by atoms with Crippen molar-refractivity contribution in [2.45, 2.75) is 50.4 Å². The summed E-state index contributed by atoms with van der Waals surface area (Å²) >= 11 is 3.30. The van der Waals surface area contributed by atoms with E-state index in [0.29, 0.717) is 45.3 Å². The van der Waals surface area contributed by atoms with Crippen molar-refractivity contribution in [1.82, 2.24) is 15.2 Å². The summed E-state index contributed by atoms with van der Waals surface area (Å²) in [5.74, 6) is -2.63. The number of nitrogens with one attached hydrogen (secondary N) is 1. The maximum absolute atomic E-state index is 13.7. The number of amides is 4. The Morgan fingerprint density at radius 1 is 0.891 bits per heavy atom. The second-order valence-corrected chi connectivity index (χ2v) is 11.2. The largest absolute Gasteiger partial charge is 0.481 e.